The van der Waals surface area contributed by atoms with Gasteiger partial charge in [0.25, 0.3) is 0 Å². The minimum Gasteiger partial charge on any atom is -0.398 e. The minimum atomic E-state index is -1.14. The van der Waals surface area contributed by atoms with Gasteiger partial charge in [0.15, 0.2) is 0 Å². The molecule has 2 atom stereocenters. The molecule has 0 aliphatic heterocycles. The standard InChI is InChI=1S/C14H14ClNOS/c1-10(11-5-3-2-4-6-11)18(17)12-7-8-14(16)13(15)9-12/h2-10H,16H2,1H3. The third kappa shape index (κ3) is 2.74. The van der Waals surface area contributed by atoms with Crippen LogP contribution >= 0.6 is 11.6 Å². The normalized spacial score (nSPS) is 14.1. The van der Waals surface area contributed by atoms with Gasteiger partial charge in [-0.1, -0.05) is 41.9 Å². The molecule has 2 aromatic rings. The minimum absolute atomic E-state index is 0.0779. The smallest absolute Gasteiger partial charge is 0.0647 e. The number of hydrogen-bond acceptors (Lipinski definition) is 2. The molecule has 2 N–H and O–H groups in total. The van der Waals surface area contributed by atoms with Crippen molar-refractivity contribution in [2.24, 2.45) is 0 Å². The maximum absolute atomic E-state index is 12.4. The average molecular weight is 280 g/mol. The van der Waals surface area contributed by atoms with E-state index in [1.54, 1.807) is 18.2 Å². The van der Waals surface area contributed by atoms with Crippen LogP contribution in [0.4, 0.5) is 5.69 Å². The van der Waals surface area contributed by atoms with Gasteiger partial charge in [-0.25, -0.2) is 0 Å². The summed E-state index contributed by atoms with van der Waals surface area (Å²) in [6, 6.07) is 14.9. The summed E-state index contributed by atoms with van der Waals surface area (Å²) in [6.07, 6.45) is 0. The van der Waals surface area contributed by atoms with Crippen molar-refractivity contribution in [2.75, 3.05) is 5.73 Å². The predicted octanol–water partition coefficient (Wildman–Crippen LogP) is 3.79. The van der Waals surface area contributed by atoms with Crippen molar-refractivity contribution < 1.29 is 4.21 Å². The highest BCUT2D eigenvalue weighted by Gasteiger charge is 2.15. The van der Waals surface area contributed by atoms with Crippen LogP contribution in [-0.2, 0) is 10.8 Å². The second kappa shape index (κ2) is 5.55. The third-order valence-corrected chi connectivity index (χ3v) is 4.75. The van der Waals surface area contributed by atoms with Gasteiger partial charge < -0.3 is 5.73 Å². The average Bonchev–Trinajstić information content (AvgIpc) is 2.41. The zero-order chi connectivity index (χ0) is 13.1. The van der Waals surface area contributed by atoms with Gasteiger partial charge in [-0.15, -0.1) is 0 Å². The molecule has 0 heterocycles. The fraction of sp³-hybridized carbons (Fsp3) is 0.143. The van der Waals surface area contributed by atoms with Crippen molar-refractivity contribution in [3.63, 3.8) is 0 Å². The molecule has 2 rings (SSSR count). The Bertz CT molecular complexity index is 571. The largest absolute Gasteiger partial charge is 0.398 e. The number of nitrogens with two attached hydrogens (primary N) is 1. The monoisotopic (exact) mass is 279 g/mol. The van der Waals surface area contributed by atoms with Crippen LogP contribution in [-0.4, -0.2) is 4.21 Å². The van der Waals surface area contributed by atoms with Crippen LogP contribution in [0.5, 0.6) is 0 Å². The van der Waals surface area contributed by atoms with E-state index < -0.39 is 10.8 Å². The topological polar surface area (TPSA) is 43.1 Å². The first-order valence-electron chi connectivity index (χ1n) is 5.60. The van der Waals surface area contributed by atoms with Gasteiger partial charge in [-0.3, -0.25) is 4.21 Å². The molecule has 0 amide bonds. The molecule has 0 bridgehead atoms. The van der Waals surface area contributed by atoms with Crippen molar-refractivity contribution in [3.8, 4) is 0 Å². The number of nitrogen functional groups attached to an aromatic ring is 1. The van der Waals surface area contributed by atoms with E-state index in [1.165, 1.54) is 0 Å². The van der Waals surface area contributed by atoms with Gasteiger partial charge >= 0.3 is 0 Å². The molecule has 2 nitrogen and oxygen atoms in total. The van der Waals surface area contributed by atoms with Crippen LogP contribution < -0.4 is 5.73 Å². The number of anilines is 1. The first-order valence-corrected chi connectivity index (χ1v) is 7.19. The van der Waals surface area contributed by atoms with E-state index in [1.807, 2.05) is 37.3 Å². The Hall–Kier alpha value is -1.32. The molecule has 0 saturated heterocycles. The van der Waals surface area contributed by atoms with Crippen LogP contribution in [0.15, 0.2) is 53.4 Å². The Balaban J connectivity index is 2.29. The Morgan fingerprint density at radius 3 is 2.44 bits per heavy atom. The number of halogens is 1. The Morgan fingerprint density at radius 1 is 1.17 bits per heavy atom. The van der Waals surface area contributed by atoms with Crippen molar-refractivity contribution in [3.05, 3.63) is 59.1 Å². The first kappa shape index (κ1) is 13.1. The Labute approximate surface area is 114 Å². The lowest BCUT2D eigenvalue weighted by molar-refractivity contribution is 0.676. The zero-order valence-corrected chi connectivity index (χ0v) is 11.5. The van der Waals surface area contributed by atoms with Gasteiger partial charge in [-0.05, 0) is 30.7 Å². The van der Waals surface area contributed by atoms with E-state index in [-0.39, 0.29) is 5.25 Å². The zero-order valence-electron chi connectivity index (χ0n) is 9.97. The summed E-state index contributed by atoms with van der Waals surface area (Å²) in [5.74, 6) is 0. The lowest BCUT2D eigenvalue weighted by atomic mass is 10.2. The van der Waals surface area contributed by atoms with Crippen molar-refractivity contribution >= 4 is 28.1 Å². The highest BCUT2D eigenvalue weighted by molar-refractivity contribution is 7.85. The quantitative estimate of drug-likeness (QED) is 0.869. The first-order chi connectivity index (χ1) is 8.59. The molecule has 0 aliphatic rings. The van der Waals surface area contributed by atoms with E-state index in [0.717, 1.165) is 5.56 Å². The molecule has 0 aliphatic carbocycles. The predicted molar refractivity (Wildman–Crippen MR) is 77.1 cm³/mol. The van der Waals surface area contributed by atoms with Crippen LogP contribution in [0.3, 0.4) is 0 Å². The molecule has 4 heteroatoms. The fourth-order valence-corrected chi connectivity index (χ4v) is 3.18. The van der Waals surface area contributed by atoms with Crippen LogP contribution in [0.25, 0.3) is 0 Å². The van der Waals surface area contributed by atoms with Crippen LogP contribution in [0.1, 0.15) is 17.7 Å². The number of benzene rings is 2. The van der Waals surface area contributed by atoms with Gasteiger partial charge in [0, 0.05) is 4.90 Å². The van der Waals surface area contributed by atoms with Gasteiger partial charge in [0.05, 0.1) is 26.8 Å². The summed E-state index contributed by atoms with van der Waals surface area (Å²) in [6.45, 7) is 1.94. The van der Waals surface area contributed by atoms with Crippen LogP contribution in [0, 0.1) is 0 Å². The van der Waals surface area contributed by atoms with Crippen molar-refractivity contribution in [1.29, 1.82) is 0 Å². The van der Waals surface area contributed by atoms with E-state index in [2.05, 4.69) is 0 Å². The van der Waals surface area contributed by atoms with Gasteiger partial charge in [0.1, 0.15) is 0 Å². The molecule has 0 spiro atoms. The maximum atomic E-state index is 12.4. The summed E-state index contributed by atoms with van der Waals surface area (Å²) < 4.78 is 12.4. The second-order valence-corrected chi connectivity index (χ2v) is 6.21. The molecule has 18 heavy (non-hydrogen) atoms. The van der Waals surface area contributed by atoms with Gasteiger partial charge in [0.2, 0.25) is 0 Å². The summed E-state index contributed by atoms with van der Waals surface area (Å²) in [5.41, 5.74) is 7.19. The molecule has 0 radical (unpaired) electrons. The lowest BCUT2D eigenvalue weighted by Gasteiger charge is -2.12. The van der Waals surface area contributed by atoms with Crippen molar-refractivity contribution in [1.82, 2.24) is 0 Å². The highest BCUT2D eigenvalue weighted by Crippen LogP contribution is 2.28. The summed E-state index contributed by atoms with van der Waals surface area (Å²) in [7, 11) is -1.14. The lowest BCUT2D eigenvalue weighted by Crippen LogP contribution is -2.03. The van der Waals surface area contributed by atoms with Gasteiger partial charge in [-0.2, -0.15) is 0 Å². The van der Waals surface area contributed by atoms with E-state index in [4.69, 9.17) is 17.3 Å². The molecular formula is C14H14ClNOS. The fourth-order valence-electron chi connectivity index (χ4n) is 1.68. The van der Waals surface area contributed by atoms with E-state index in [0.29, 0.717) is 15.6 Å². The SMILES string of the molecule is CC(c1ccccc1)S(=O)c1ccc(N)c(Cl)c1. The molecule has 2 aromatic carbocycles. The van der Waals surface area contributed by atoms with E-state index >= 15 is 0 Å². The maximum Gasteiger partial charge on any atom is 0.0647 e. The molecular weight excluding hydrogens is 266 g/mol. The third-order valence-electron chi connectivity index (χ3n) is 2.79. The second-order valence-electron chi connectivity index (χ2n) is 4.03. The van der Waals surface area contributed by atoms with E-state index in [9.17, 15) is 4.21 Å². The molecule has 94 valence electrons. The summed E-state index contributed by atoms with van der Waals surface area (Å²) in [5, 5.41) is 0.368. The highest BCUT2D eigenvalue weighted by atomic mass is 35.5. The molecule has 2 unspecified atom stereocenters. The molecule has 0 aromatic heterocycles. The Morgan fingerprint density at radius 2 is 1.83 bits per heavy atom. The van der Waals surface area contributed by atoms with Crippen molar-refractivity contribution in [2.45, 2.75) is 17.1 Å². The molecule has 0 saturated carbocycles. The number of rotatable bonds is 3. The number of hydrogen-bond donors (Lipinski definition) is 1. The molecule has 0 fully saturated rings. The summed E-state index contributed by atoms with van der Waals surface area (Å²) >= 11 is 5.95. The summed E-state index contributed by atoms with van der Waals surface area (Å²) in [4.78, 5) is 0.700. The Kier molecular flexibility index (Phi) is 4.04. The van der Waals surface area contributed by atoms with Crippen LogP contribution in [0.2, 0.25) is 5.02 Å².